The first-order valence-electron chi connectivity index (χ1n) is 16.1. The van der Waals surface area contributed by atoms with E-state index in [1.807, 2.05) is 0 Å². The molecular weight excluding hydrogens is 576 g/mol. The molecule has 4 rings (SSSR count). The topological polar surface area (TPSA) is 72.5 Å². The van der Waals surface area contributed by atoms with Gasteiger partial charge in [0.1, 0.15) is 0 Å². The van der Waals surface area contributed by atoms with Gasteiger partial charge in [0.15, 0.2) is 12.6 Å². The summed E-state index contributed by atoms with van der Waals surface area (Å²) < 4.78 is 36.5. The minimum Gasteiger partial charge on any atom is -0.469 e. The maximum absolute atomic E-state index is 11.6. The number of ether oxygens (including phenoxy) is 6. The monoisotopic (exact) mass is 628 g/mol. The molecule has 230 valence electrons. The minimum absolute atomic E-state index is 0.0376. The van der Waals surface area contributed by atoms with E-state index in [0.717, 1.165) is 77.4 Å². The summed E-state index contributed by atoms with van der Waals surface area (Å²) in [5.41, 5.74) is 0. The molecule has 0 aromatic carbocycles. The summed E-state index contributed by atoms with van der Waals surface area (Å²) in [5.74, 6) is 1.11. The highest BCUT2D eigenvalue weighted by molar-refractivity contribution is 9.09. The zero-order chi connectivity index (χ0) is 28.3. The first-order valence-corrected chi connectivity index (χ1v) is 17.0. The fourth-order valence-electron chi connectivity index (χ4n) is 6.94. The van der Waals surface area contributed by atoms with E-state index < -0.39 is 0 Å². The molecule has 40 heavy (non-hydrogen) atoms. The number of methoxy groups -OCH3 is 1. The van der Waals surface area contributed by atoms with Crippen molar-refractivity contribution >= 4 is 21.9 Å². The van der Waals surface area contributed by atoms with Crippen LogP contribution in [0.2, 0.25) is 0 Å². The third kappa shape index (κ3) is 9.77. The summed E-state index contributed by atoms with van der Waals surface area (Å²) in [6.45, 7) is 6.16. The van der Waals surface area contributed by atoms with Crippen molar-refractivity contribution in [3.05, 3.63) is 12.2 Å². The summed E-state index contributed by atoms with van der Waals surface area (Å²) in [7, 11) is 1.45. The number of rotatable bonds is 15. The lowest BCUT2D eigenvalue weighted by atomic mass is 9.88. The lowest BCUT2D eigenvalue weighted by Crippen LogP contribution is -2.32. The molecular formula is C32H53BrO7. The van der Waals surface area contributed by atoms with Crippen LogP contribution in [0, 0.1) is 17.8 Å². The zero-order valence-electron chi connectivity index (χ0n) is 25.0. The molecule has 1 aliphatic carbocycles. The van der Waals surface area contributed by atoms with Crippen LogP contribution >= 0.6 is 15.9 Å². The van der Waals surface area contributed by atoms with Gasteiger partial charge in [-0.25, -0.2) is 0 Å². The van der Waals surface area contributed by atoms with Gasteiger partial charge in [-0.3, -0.25) is 4.79 Å². The van der Waals surface area contributed by atoms with E-state index >= 15 is 0 Å². The molecule has 0 aromatic heterocycles. The van der Waals surface area contributed by atoms with Gasteiger partial charge >= 0.3 is 5.97 Å². The Hall–Kier alpha value is -0.510. The van der Waals surface area contributed by atoms with Crippen LogP contribution in [-0.4, -0.2) is 68.1 Å². The van der Waals surface area contributed by atoms with E-state index in [0.29, 0.717) is 18.3 Å². The van der Waals surface area contributed by atoms with Gasteiger partial charge < -0.3 is 28.4 Å². The van der Waals surface area contributed by atoms with Gasteiger partial charge in [-0.1, -0.05) is 54.8 Å². The quantitative estimate of drug-likeness (QED) is 0.109. The van der Waals surface area contributed by atoms with Crippen molar-refractivity contribution in [1.29, 1.82) is 0 Å². The van der Waals surface area contributed by atoms with E-state index in [2.05, 4.69) is 41.9 Å². The number of esters is 1. The van der Waals surface area contributed by atoms with Crippen molar-refractivity contribution in [1.82, 2.24) is 0 Å². The van der Waals surface area contributed by atoms with Gasteiger partial charge in [0.25, 0.3) is 0 Å². The second-order valence-corrected chi connectivity index (χ2v) is 13.5. The molecule has 0 amide bonds. The summed E-state index contributed by atoms with van der Waals surface area (Å²) in [6.07, 6.45) is 18.8. The van der Waals surface area contributed by atoms with E-state index in [1.54, 1.807) is 0 Å². The van der Waals surface area contributed by atoms with Crippen molar-refractivity contribution < 1.29 is 33.2 Å². The average Bonchev–Trinajstić information content (AvgIpc) is 3.51. The smallest absolute Gasteiger partial charge is 0.305 e. The molecule has 0 radical (unpaired) electrons. The van der Waals surface area contributed by atoms with Crippen LogP contribution < -0.4 is 0 Å². The first kappa shape index (κ1) is 32.4. The van der Waals surface area contributed by atoms with Crippen LogP contribution in [0.3, 0.4) is 0 Å². The number of carbonyl (C=O) groups is 1. The summed E-state index contributed by atoms with van der Waals surface area (Å²) in [4.78, 5) is 11.8. The standard InChI is InChI=1S/C32H53BrO7/c1-4-10-22(2)19-23(38-31-13-5-7-17-36-31)15-16-24-25-20-29(26(33)11-9-12-30(34)35-3)39-28(25)21-27(24)40-32-14-6-8-18-37-32/h15-16,22-29,31-32H,4-14,17-21H2,1-3H3/b16-15+/t22-,23+,24+,25+,26?,27+,28+,29?,31?,32?/m0/s1. The zero-order valence-corrected chi connectivity index (χ0v) is 26.6. The Labute approximate surface area is 250 Å². The fraction of sp³-hybridized carbons (Fsp3) is 0.906. The van der Waals surface area contributed by atoms with Crippen molar-refractivity contribution in [3.63, 3.8) is 0 Å². The Balaban J connectivity index is 1.43. The third-order valence-corrected chi connectivity index (χ3v) is 10.2. The highest BCUT2D eigenvalue weighted by Gasteiger charge is 2.51. The van der Waals surface area contributed by atoms with Crippen LogP contribution in [0.5, 0.6) is 0 Å². The Kier molecular flexibility index (Phi) is 13.7. The van der Waals surface area contributed by atoms with Crippen LogP contribution in [0.1, 0.15) is 104 Å². The Morgan fingerprint density at radius 1 is 1.05 bits per heavy atom. The van der Waals surface area contributed by atoms with E-state index in [-0.39, 0.29) is 53.7 Å². The van der Waals surface area contributed by atoms with Gasteiger partial charge in [-0.2, -0.15) is 0 Å². The molecule has 4 aliphatic rings. The summed E-state index contributed by atoms with van der Waals surface area (Å²) in [5, 5.41) is 0. The lowest BCUT2D eigenvalue weighted by molar-refractivity contribution is -0.194. The minimum atomic E-state index is -0.150. The van der Waals surface area contributed by atoms with Crippen LogP contribution in [-0.2, 0) is 33.2 Å². The van der Waals surface area contributed by atoms with Crippen molar-refractivity contribution in [3.8, 4) is 0 Å². The van der Waals surface area contributed by atoms with Gasteiger partial charge in [-0.05, 0) is 76.0 Å². The maximum atomic E-state index is 11.6. The first-order chi connectivity index (χ1) is 19.5. The predicted molar refractivity (Wildman–Crippen MR) is 158 cm³/mol. The van der Waals surface area contributed by atoms with Gasteiger partial charge in [-0.15, -0.1) is 0 Å². The van der Waals surface area contributed by atoms with Gasteiger partial charge in [0, 0.05) is 36.8 Å². The molecule has 0 N–H and O–H groups in total. The number of hydrogen-bond donors (Lipinski definition) is 0. The normalized spacial score (nSPS) is 35.0. The molecule has 3 aliphatic heterocycles. The van der Waals surface area contributed by atoms with Gasteiger partial charge in [0.2, 0.25) is 0 Å². The number of halogens is 1. The van der Waals surface area contributed by atoms with E-state index in [4.69, 9.17) is 28.4 Å². The second-order valence-electron chi connectivity index (χ2n) is 12.4. The molecule has 3 saturated heterocycles. The molecule has 0 aromatic rings. The fourth-order valence-corrected chi connectivity index (χ4v) is 7.60. The maximum Gasteiger partial charge on any atom is 0.305 e. The largest absolute Gasteiger partial charge is 0.469 e. The van der Waals surface area contributed by atoms with Gasteiger partial charge in [0.05, 0.1) is 31.5 Å². The summed E-state index contributed by atoms with van der Waals surface area (Å²) in [6, 6.07) is 0. The molecule has 10 atom stereocenters. The number of hydrogen-bond acceptors (Lipinski definition) is 7. The Bertz CT molecular complexity index is 766. The number of carbonyl (C=O) groups excluding carboxylic acids is 1. The molecule has 7 nitrogen and oxygen atoms in total. The van der Waals surface area contributed by atoms with Crippen molar-refractivity contribution in [2.24, 2.45) is 17.8 Å². The van der Waals surface area contributed by atoms with E-state index in [9.17, 15) is 4.79 Å². The Morgan fingerprint density at radius 3 is 2.48 bits per heavy atom. The number of fused-ring (bicyclic) bond motifs is 1. The molecule has 0 bridgehead atoms. The molecule has 4 unspecified atom stereocenters. The van der Waals surface area contributed by atoms with E-state index in [1.165, 1.54) is 26.4 Å². The highest BCUT2D eigenvalue weighted by atomic mass is 79.9. The molecule has 0 spiro atoms. The SMILES string of the molecule is CCC[C@H](C)C[C@@H](/C=C/[C@@H]1[C@H]2CC(C(Br)CCCC(=O)OC)O[C@@H]2C[C@H]1OC1CCCCO1)OC1CCCCO1. The molecule has 3 heterocycles. The number of alkyl halides is 1. The Morgan fingerprint density at radius 2 is 1.80 bits per heavy atom. The van der Waals surface area contributed by atoms with Crippen LogP contribution in [0.15, 0.2) is 12.2 Å². The second kappa shape index (κ2) is 17.0. The summed E-state index contributed by atoms with van der Waals surface area (Å²) >= 11 is 3.88. The van der Waals surface area contributed by atoms with Crippen LogP contribution in [0.4, 0.5) is 0 Å². The average molecular weight is 630 g/mol. The van der Waals surface area contributed by atoms with Crippen molar-refractivity contribution in [2.75, 3.05) is 20.3 Å². The molecule has 4 fully saturated rings. The lowest BCUT2D eigenvalue weighted by Gasteiger charge is -2.30. The van der Waals surface area contributed by atoms with Crippen molar-refractivity contribution in [2.45, 2.75) is 146 Å². The highest BCUT2D eigenvalue weighted by Crippen LogP contribution is 2.48. The van der Waals surface area contributed by atoms with Crippen LogP contribution in [0.25, 0.3) is 0 Å². The third-order valence-electron chi connectivity index (χ3n) is 9.10. The molecule has 1 saturated carbocycles. The molecule has 8 heteroatoms. The predicted octanol–water partition coefficient (Wildman–Crippen LogP) is 7.09.